The van der Waals surface area contributed by atoms with Crippen LogP contribution >= 0.6 is 23.4 Å². The van der Waals surface area contributed by atoms with Crippen molar-refractivity contribution in [3.63, 3.8) is 0 Å². The van der Waals surface area contributed by atoms with E-state index in [-0.39, 0.29) is 18.0 Å². The lowest BCUT2D eigenvalue weighted by Gasteiger charge is -2.07. The molecular weight excluding hydrogens is 244 g/mol. The molecule has 3 nitrogen and oxygen atoms in total. The summed E-state index contributed by atoms with van der Waals surface area (Å²) in [6.07, 6.45) is 2.81. The Balaban J connectivity index is 2.14. The van der Waals surface area contributed by atoms with E-state index in [1.807, 2.05) is 12.3 Å². The lowest BCUT2D eigenvalue weighted by Crippen LogP contribution is -2.29. The highest BCUT2D eigenvalue weighted by Crippen LogP contribution is 2.24. The highest BCUT2D eigenvalue weighted by molar-refractivity contribution is 7.98. The molecule has 3 N–H and O–H groups in total. The fraction of sp³-hybridized carbons (Fsp3) is 0.364. The first kappa shape index (κ1) is 11.8. The highest BCUT2D eigenvalue weighted by atomic mass is 35.5. The van der Waals surface area contributed by atoms with E-state index in [0.717, 1.165) is 11.3 Å². The summed E-state index contributed by atoms with van der Waals surface area (Å²) in [5, 5.41) is 3.33. The molecule has 2 atom stereocenters. The van der Waals surface area contributed by atoms with Crippen molar-refractivity contribution in [3.05, 3.63) is 28.8 Å². The van der Waals surface area contributed by atoms with Crippen LogP contribution in [-0.2, 0) is 0 Å². The molecule has 0 bridgehead atoms. The molecule has 1 aliphatic carbocycles. The minimum Gasteiger partial charge on any atom is -0.348 e. The monoisotopic (exact) mass is 256 g/mol. The number of halogens is 1. The molecule has 0 heterocycles. The van der Waals surface area contributed by atoms with Crippen LogP contribution in [0.5, 0.6) is 0 Å². The third-order valence-electron chi connectivity index (χ3n) is 2.57. The van der Waals surface area contributed by atoms with Gasteiger partial charge in [0.1, 0.15) is 0 Å². The summed E-state index contributed by atoms with van der Waals surface area (Å²) in [7, 11) is 0. The largest absolute Gasteiger partial charge is 0.348 e. The summed E-state index contributed by atoms with van der Waals surface area (Å²) in [5.74, 6) is -0.140. The van der Waals surface area contributed by atoms with Crippen molar-refractivity contribution >= 4 is 29.3 Å². The zero-order valence-electron chi connectivity index (χ0n) is 8.87. The van der Waals surface area contributed by atoms with Crippen LogP contribution in [0.15, 0.2) is 23.1 Å². The van der Waals surface area contributed by atoms with Gasteiger partial charge in [-0.3, -0.25) is 4.79 Å². The van der Waals surface area contributed by atoms with Crippen LogP contribution < -0.4 is 11.1 Å². The molecule has 5 heteroatoms. The van der Waals surface area contributed by atoms with Crippen molar-refractivity contribution in [2.45, 2.75) is 23.4 Å². The summed E-state index contributed by atoms with van der Waals surface area (Å²) in [6, 6.07) is 5.66. The standard InChI is InChI=1S/C11H13ClN2OS/c1-16-6-2-3-8(12)7(4-6)11(15)14-10-5-9(10)13/h2-4,9-10H,5,13H2,1H3,(H,14,15). The molecule has 0 spiro atoms. The van der Waals surface area contributed by atoms with Gasteiger partial charge in [-0.1, -0.05) is 11.6 Å². The van der Waals surface area contributed by atoms with Gasteiger partial charge in [0, 0.05) is 17.0 Å². The van der Waals surface area contributed by atoms with Crippen LogP contribution in [0.1, 0.15) is 16.8 Å². The van der Waals surface area contributed by atoms with Crippen molar-refractivity contribution in [1.82, 2.24) is 5.32 Å². The number of rotatable bonds is 3. The van der Waals surface area contributed by atoms with Crippen LogP contribution in [0.25, 0.3) is 0 Å². The quantitative estimate of drug-likeness (QED) is 0.812. The molecule has 1 aliphatic rings. The Labute approximate surface area is 104 Å². The summed E-state index contributed by atoms with van der Waals surface area (Å²) >= 11 is 7.57. The fourth-order valence-electron chi connectivity index (χ4n) is 1.43. The number of thioether (sulfide) groups is 1. The maximum Gasteiger partial charge on any atom is 0.253 e. The first-order valence-corrected chi connectivity index (χ1v) is 6.62. The molecule has 1 amide bonds. The van der Waals surface area contributed by atoms with Crippen molar-refractivity contribution < 1.29 is 4.79 Å². The van der Waals surface area contributed by atoms with Gasteiger partial charge < -0.3 is 11.1 Å². The maximum absolute atomic E-state index is 11.9. The van der Waals surface area contributed by atoms with Gasteiger partial charge in [-0.2, -0.15) is 0 Å². The highest BCUT2D eigenvalue weighted by Gasteiger charge is 2.35. The van der Waals surface area contributed by atoms with Gasteiger partial charge in [0.15, 0.2) is 0 Å². The van der Waals surface area contributed by atoms with E-state index in [9.17, 15) is 4.79 Å². The summed E-state index contributed by atoms with van der Waals surface area (Å²) in [5.41, 5.74) is 6.16. The summed E-state index contributed by atoms with van der Waals surface area (Å²) < 4.78 is 0. The second kappa shape index (κ2) is 4.65. The molecule has 0 aromatic heterocycles. The normalized spacial score (nSPS) is 22.9. The van der Waals surface area contributed by atoms with Crippen LogP contribution in [0.2, 0.25) is 5.02 Å². The minimum absolute atomic E-state index is 0.103. The second-order valence-electron chi connectivity index (χ2n) is 3.83. The minimum atomic E-state index is -0.140. The van der Waals surface area contributed by atoms with Gasteiger partial charge in [0.25, 0.3) is 5.91 Å². The Bertz CT molecular complexity index is 424. The predicted octanol–water partition coefficient (Wildman–Crippen LogP) is 1.89. The molecule has 2 rings (SSSR count). The van der Waals surface area contributed by atoms with Gasteiger partial charge in [0.2, 0.25) is 0 Å². The van der Waals surface area contributed by atoms with Gasteiger partial charge in [-0.15, -0.1) is 11.8 Å². The fourth-order valence-corrected chi connectivity index (χ4v) is 2.08. The van der Waals surface area contributed by atoms with E-state index in [0.29, 0.717) is 10.6 Å². The van der Waals surface area contributed by atoms with Gasteiger partial charge in [-0.05, 0) is 30.9 Å². The summed E-state index contributed by atoms with van der Waals surface area (Å²) in [6.45, 7) is 0. The first-order valence-electron chi connectivity index (χ1n) is 5.02. The maximum atomic E-state index is 11.9. The van der Waals surface area contributed by atoms with Gasteiger partial charge >= 0.3 is 0 Å². The van der Waals surface area contributed by atoms with E-state index in [1.165, 1.54) is 0 Å². The number of hydrogen-bond acceptors (Lipinski definition) is 3. The average molecular weight is 257 g/mol. The SMILES string of the molecule is CSc1ccc(Cl)c(C(=O)NC2CC2N)c1. The molecular formula is C11H13ClN2OS. The molecule has 0 aliphatic heterocycles. The molecule has 2 unspecified atom stereocenters. The van der Waals surface area contributed by atoms with E-state index < -0.39 is 0 Å². The van der Waals surface area contributed by atoms with Crippen molar-refractivity contribution in [1.29, 1.82) is 0 Å². The van der Waals surface area contributed by atoms with Crippen molar-refractivity contribution in [2.24, 2.45) is 5.73 Å². The molecule has 0 saturated heterocycles. The zero-order valence-corrected chi connectivity index (χ0v) is 10.4. The topological polar surface area (TPSA) is 55.1 Å². The van der Waals surface area contributed by atoms with Crippen LogP contribution in [0, 0.1) is 0 Å². The third kappa shape index (κ3) is 2.51. The molecule has 1 saturated carbocycles. The molecule has 0 radical (unpaired) electrons. The molecule has 1 aromatic carbocycles. The predicted molar refractivity (Wildman–Crippen MR) is 67.1 cm³/mol. The van der Waals surface area contributed by atoms with Gasteiger partial charge in [0.05, 0.1) is 10.6 Å². The number of nitrogens with two attached hydrogens (primary N) is 1. The number of nitrogens with one attached hydrogen (secondary N) is 1. The Morgan fingerprint density at radius 3 is 2.88 bits per heavy atom. The van der Waals surface area contributed by atoms with Crippen molar-refractivity contribution in [3.8, 4) is 0 Å². The number of hydrogen-bond donors (Lipinski definition) is 2. The smallest absolute Gasteiger partial charge is 0.253 e. The van der Waals surface area contributed by atoms with E-state index in [2.05, 4.69) is 5.32 Å². The van der Waals surface area contributed by atoms with Crippen LogP contribution in [0.4, 0.5) is 0 Å². The first-order chi connectivity index (χ1) is 7.61. The number of carbonyl (C=O) groups is 1. The number of carbonyl (C=O) groups excluding carboxylic acids is 1. The van der Waals surface area contributed by atoms with Crippen LogP contribution in [-0.4, -0.2) is 24.2 Å². The lowest BCUT2D eigenvalue weighted by molar-refractivity contribution is 0.0950. The lowest BCUT2D eigenvalue weighted by atomic mass is 10.2. The Hall–Kier alpha value is -0.710. The number of amides is 1. The van der Waals surface area contributed by atoms with E-state index in [1.54, 1.807) is 23.9 Å². The summed E-state index contributed by atoms with van der Waals surface area (Å²) in [4.78, 5) is 12.9. The van der Waals surface area contributed by atoms with Gasteiger partial charge in [-0.25, -0.2) is 0 Å². The Kier molecular flexibility index (Phi) is 3.42. The zero-order chi connectivity index (χ0) is 11.7. The molecule has 1 aromatic rings. The van der Waals surface area contributed by atoms with E-state index in [4.69, 9.17) is 17.3 Å². The molecule has 1 fully saturated rings. The van der Waals surface area contributed by atoms with Crippen LogP contribution in [0.3, 0.4) is 0 Å². The molecule has 86 valence electrons. The Morgan fingerprint density at radius 1 is 1.62 bits per heavy atom. The molecule has 16 heavy (non-hydrogen) atoms. The second-order valence-corrected chi connectivity index (χ2v) is 5.11. The van der Waals surface area contributed by atoms with E-state index >= 15 is 0 Å². The number of benzene rings is 1. The Morgan fingerprint density at radius 2 is 2.31 bits per heavy atom. The van der Waals surface area contributed by atoms with Crippen molar-refractivity contribution in [2.75, 3.05) is 6.26 Å². The average Bonchev–Trinajstić information content (AvgIpc) is 2.94. The third-order valence-corrected chi connectivity index (χ3v) is 3.63.